The van der Waals surface area contributed by atoms with Crippen LogP contribution in [0, 0.1) is 6.92 Å². The topological polar surface area (TPSA) is 103 Å². The van der Waals surface area contributed by atoms with Crippen LogP contribution in [0.4, 0.5) is 0 Å². The lowest BCUT2D eigenvalue weighted by molar-refractivity contribution is -0.142. The zero-order valence-corrected chi connectivity index (χ0v) is 19.8. The molecule has 0 spiro atoms. The van der Waals surface area contributed by atoms with Gasteiger partial charge in [0.1, 0.15) is 6.04 Å². The Morgan fingerprint density at radius 2 is 1.83 bits per heavy atom. The molecule has 0 radical (unpaired) electrons. The summed E-state index contributed by atoms with van der Waals surface area (Å²) in [5.74, 6) is -1.39. The molecule has 7 nitrogen and oxygen atoms in total. The van der Waals surface area contributed by atoms with Gasteiger partial charge in [-0.2, -0.15) is 0 Å². The number of nitrogens with zero attached hydrogens (tertiary/aromatic N) is 1. The van der Waals surface area contributed by atoms with Crippen molar-refractivity contribution in [2.45, 2.75) is 25.8 Å². The van der Waals surface area contributed by atoms with Crippen LogP contribution in [0.15, 0.2) is 76.9 Å². The van der Waals surface area contributed by atoms with Crippen LogP contribution in [-0.2, 0) is 9.59 Å². The highest BCUT2D eigenvalue weighted by atomic mass is 32.1. The first-order valence-corrected chi connectivity index (χ1v) is 12.1. The van der Waals surface area contributed by atoms with E-state index in [4.69, 9.17) is 5.11 Å². The van der Waals surface area contributed by atoms with Crippen LogP contribution in [0.25, 0.3) is 27.7 Å². The molecule has 3 N–H and O–H groups in total. The Hall–Kier alpha value is -4.17. The lowest BCUT2D eigenvalue weighted by Gasteiger charge is -2.24. The van der Waals surface area contributed by atoms with Gasteiger partial charge in [-0.3, -0.25) is 19.8 Å². The summed E-state index contributed by atoms with van der Waals surface area (Å²) in [6.45, 7) is 2.00. The van der Waals surface area contributed by atoms with Crippen LogP contribution in [0.2, 0.25) is 0 Å². The van der Waals surface area contributed by atoms with Crippen LogP contribution in [0.5, 0.6) is 0 Å². The van der Waals surface area contributed by atoms with Gasteiger partial charge < -0.3 is 10.1 Å². The number of fused-ring (bicyclic) bond motifs is 1. The maximum atomic E-state index is 13.5. The van der Waals surface area contributed by atoms with E-state index in [1.165, 1.54) is 16.3 Å². The smallest absolute Gasteiger partial charge is 0.303 e. The minimum Gasteiger partial charge on any atom is -0.481 e. The Kier molecular flexibility index (Phi) is 5.96. The molecule has 0 saturated heterocycles. The third kappa shape index (κ3) is 4.36. The van der Waals surface area contributed by atoms with Gasteiger partial charge in [-0.1, -0.05) is 48.0 Å². The lowest BCUT2D eigenvalue weighted by atomic mass is 9.93. The number of aliphatic carboxylic acids is 1. The molecule has 2 aromatic carbocycles. The highest BCUT2D eigenvalue weighted by Gasteiger charge is 2.33. The molecule has 0 unspecified atom stereocenters. The van der Waals surface area contributed by atoms with Crippen LogP contribution in [-0.4, -0.2) is 27.0 Å². The van der Waals surface area contributed by atoms with Crippen molar-refractivity contribution >= 4 is 39.8 Å². The molecule has 0 aliphatic carbocycles. The number of H-pyrrole nitrogens is 1. The summed E-state index contributed by atoms with van der Waals surface area (Å²) in [5, 5.41) is 13.3. The van der Waals surface area contributed by atoms with Gasteiger partial charge in [0.25, 0.3) is 5.56 Å². The second-order valence-corrected chi connectivity index (χ2v) is 9.41. The minimum atomic E-state index is -1.04. The Bertz CT molecular complexity index is 1510. The minimum absolute atomic E-state index is 0.149. The Morgan fingerprint density at radius 3 is 2.54 bits per heavy atom. The number of thiophene rings is 1. The number of aromatic nitrogens is 1. The summed E-state index contributed by atoms with van der Waals surface area (Å²) in [5.41, 5.74) is 7.25. The molecule has 0 fully saturated rings. The Labute approximate surface area is 205 Å². The van der Waals surface area contributed by atoms with E-state index in [0.717, 1.165) is 32.5 Å². The molecule has 3 heterocycles. The maximum Gasteiger partial charge on any atom is 0.303 e. The van der Waals surface area contributed by atoms with Gasteiger partial charge >= 0.3 is 5.97 Å². The molecule has 2 aromatic heterocycles. The number of benzene rings is 2. The van der Waals surface area contributed by atoms with Gasteiger partial charge in [0.2, 0.25) is 5.91 Å². The Balaban J connectivity index is 1.69. The van der Waals surface area contributed by atoms with Gasteiger partial charge in [0, 0.05) is 27.8 Å². The van der Waals surface area contributed by atoms with Crippen molar-refractivity contribution in [3.63, 3.8) is 0 Å². The van der Waals surface area contributed by atoms with E-state index in [0.29, 0.717) is 11.3 Å². The molecule has 1 aliphatic rings. The second-order valence-electron chi connectivity index (χ2n) is 8.43. The highest BCUT2D eigenvalue weighted by Crippen LogP contribution is 2.38. The number of rotatable bonds is 6. The fourth-order valence-corrected chi connectivity index (χ4v) is 5.18. The number of carboxylic acid groups (broad SMARTS) is 1. The Morgan fingerprint density at radius 1 is 1.03 bits per heavy atom. The molecule has 0 saturated carbocycles. The average Bonchev–Trinajstić information content (AvgIpc) is 3.53. The first kappa shape index (κ1) is 22.6. The van der Waals surface area contributed by atoms with Crippen LogP contribution in [0.1, 0.15) is 34.9 Å². The molecule has 8 heteroatoms. The van der Waals surface area contributed by atoms with E-state index in [2.05, 4.69) is 10.4 Å². The molecular weight excluding hydrogens is 462 g/mol. The first-order valence-electron chi connectivity index (χ1n) is 11.2. The molecule has 176 valence electrons. The number of carbonyl (C=O) groups excluding carboxylic acids is 1. The molecule has 1 amide bonds. The number of nitrogens with one attached hydrogen (secondary N) is 2. The van der Waals surface area contributed by atoms with Crippen LogP contribution in [0.3, 0.4) is 0 Å². The quantitative estimate of drug-likeness (QED) is 0.362. The van der Waals surface area contributed by atoms with E-state index in [9.17, 15) is 14.4 Å². The third-order valence-electron chi connectivity index (χ3n) is 6.00. The second kappa shape index (κ2) is 9.23. The van der Waals surface area contributed by atoms with Gasteiger partial charge in [0.05, 0.1) is 17.7 Å². The van der Waals surface area contributed by atoms with E-state index >= 15 is 0 Å². The summed E-state index contributed by atoms with van der Waals surface area (Å²) in [6, 6.07) is 18.9. The van der Waals surface area contributed by atoms with Crippen LogP contribution >= 0.6 is 11.3 Å². The van der Waals surface area contributed by atoms with Crippen molar-refractivity contribution in [1.29, 1.82) is 0 Å². The van der Waals surface area contributed by atoms with Gasteiger partial charge in [-0.05, 0) is 42.1 Å². The van der Waals surface area contributed by atoms with Gasteiger partial charge in [0.15, 0.2) is 0 Å². The van der Waals surface area contributed by atoms with E-state index in [1.807, 2.05) is 79.0 Å². The monoisotopic (exact) mass is 485 g/mol. The molecule has 1 atom stereocenters. The normalized spacial score (nSPS) is 15.2. The third-order valence-corrected chi connectivity index (χ3v) is 6.94. The zero-order chi connectivity index (χ0) is 24.5. The van der Waals surface area contributed by atoms with Crippen molar-refractivity contribution in [3.05, 3.63) is 98.5 Å². The van der Waals surface area contributed by atoms with Crippen molar-refractivity contribution in [1.82, 2.24) is 15.4 Å². The number of pyridine rings is 1. The molecule has 4 aromatic rings. The van der Waals surface area contributed by atoms with Crippen LogP contribution < -0.4 is 11.0 Å². The van der Waals surface area contributed by atoms with Gasteiger partial charge in [-0.25, -0.2) is 5.01 Å². The number of hydrazine groups is 1. The van der Waals surface area contributed by atoms with Gasteiger partial charge in [-0.15, -0.1) is 11.3 Å². The van der Waals surface area contributed by atoms with E-state index < -0.39 is 12.0 Å². The molecule has 0 bridgehead atoms. The summed E-state index contributed by atoms with van der Waals surface area (Å²) >= 11 is 1.49. The number of hydrogen-bond donors (Lipinski definition) is 3. The SMILES string of the molecule is Cc1ccc2[nH]c(=O)c(C3=C[C@H](c4cccs4)N(C(=O)CCC(=O)O)N3)c(-c3ccccc3)c2c1. The summed E-state index contributed by atoms with van der Waals surface area (Å²) < 4.78 is 0. The fourth-order valence-electron chi connectivity index (χ4n) is 4.40. The van der Waals surface area contributed by atoms with Crippen molar-refractivity contribution in [2.75, 3.05) is 0 Å². The summed E-state index contributed by atoms with van der Waals surface area (Å²) in [6.07, 6.45) is 1.45. The molecule has 35 heavy (non-hydrogen) atoms. The average molecular weight is 486 g/mol. The number of carboxylic acids is 1. The number of amides is 1. The largest absolute Gasteiger partial charge is 0.481 e. The number of carbonyl (C=O) groups is 2. The maximum absolute atomic E-state index is 13.5. The van der Waals surface area contributed by atoms with Crippen molar-refractivity contribution < 1.29 is 14.7 Å². The molecule has 5 rings (SSSR count). The molecular formula is C27H23N3O4S. The number of aromatic amines is 1. The predicted molar refractivity (Wildman–Crippen MR) is 137 cm³/mol. The fraction of sp³-hybridized carbons (Fsp3) is 0.148. The number of hydrogen-bond acceptors (Lipinski definition) is 5. The predicted octanol–water partition coefficient (Wildman–Crippen LogP) is 4.86. The molecule has 1 aliphatic heterocycles. The highest BCUT2D eigenvalue weighted by molar-refractivity contribution is 7.10. The van der Waals surface area contributed by atoms with E-state index in [-0.39, 0.29) is 24.3 Å². The van der Waals surface area contributed by atoms with Crippen molar-refractivity contribution in [3.8, 4) is 11.1 Å². The van der Waals surface area contributed by atoms with E-state index in [1.54, 1.807) is 0 Å². The summed E-state index contributed by atoms with van der Waals surface area (Å²) in [7, 11) is 0. The summed E-state index contributed by atoms with van der Waals surface area (Å²) in [4.78, 5) is 41.4. The number of aryl methyl sites for hydroxylation is 1. The van der Waals surface area contributed by atoms with Crippen molar-refractivity contribution in [2.24, 2.45) is 0 Å². The standard InChI is InChI=1S/C27H23N3O4S/c1-16-9-10-19-18(14-16)25(17-6-3-2-4-7-17)26(27(34)28-19)20-15-21(22-8-5-13-35-22)30(29-20)23(31)11-12-24(32)33/h2-10,13-15,21,29H,11-12H2,1H3,(H,28,34)(H,32,33)/t21-/m1/s1. The first-order chi connectivity index (χ1) is 16.9. The lowest BCUT2D eigenvalue weighted by Crippen LogP contribution is -2.40. The zero-order valence-electron chi connectivity index (χ0n) is 18.9.